The van der Waals surface area contributed by atoms with Gasteiger partial charge in [-0.25, -0.2) is 9.97 Å². The van der Waals surface area contributed by atoms with E-state index in [0.717, 1.165) is 50.8 Å². The first kappa shape index (κ1) is 14.2. The Morgan fingerprint density at radius 3 is 3.00 bits per heavy atom. The standard InChI is InChI=1S/C14H24N4O/c1-4-13-7-14(16-11-15-13)18-5-6-19-10-12(9-18)8-17(2)3/h7,11-12H,4-6,8-10H2,1-3H3/t12-/m0/s1. The molecule has 2 rings (SSSR count). The first-order chi connectivity index (χ1) is 9.19. The Morgan fingerprint density at radius 1 is 1.42 bits per heavy atom. The molecule has 1 aliphatic rings. The predicted octanol–water partition coefficient (Wildman–Crippen LogP) is 1.05. The van der Waals surface area contributed by atoms with Crippen LogP contribution in [0.4, 0.5) is 5.82 Å². The van der Waals surface area contributed by atoms with E-state index >= 15 is 0 Å². The Hall–Kier alpha value is -1.20. The van der Waals surface area contributed by atoms with Crippen LogP contribution >= 0.6 is 0 Å². The molecular weight excluding hydrogens is 240 g/mol. The van der Waals surface area contributed by atoms with E-state index in [1.807, 2.05) is 0 Å². The Balaban J connectivity index is 2.08. The smallest absolute Gasteiger partial charge is 0.132 e. The van der Waals surface area contributed by atoms with Crippen LogP contribution in [0, 0.1) is 5.92 Å². The van der Waals surface area contributed by atoms with Crippen molar-refractivity contribution in [2.45, 2.75) is 13.3 Å². The lowest BCUT2D eigenvalue weighted by Gasteiger charge is -2.26. The van der Waals surface area contributed by atoms with Crippen molar-refractivity contribution in [3.8, 4) is 0 Å². The average molecular weight is 264 g/mol. The summed E-state index contributed by atoms with van der Waals surface area (Å²) >= 11 is 0. The molecule has 0 radical (unpaired) electrons. The van der Waals surface area contributed by atoms with Gasteiger partial charge in [0.15, 0.2) is 0 Å². The van der Waals surface area contributed by atoms with Gasteiger partial charge in [0.05, 0.1) is 13.2 Å². The topological polar surface area (TPSA) is 41.5 Å². The molecule has 19 heavy (non-hydrogen) atoms. The average Bonchev–Trinajstić information content (AvgIpc) is 2.64. The zero-order valence-electron chi connectivity index (χ0n) is 12.2. The molecule has 0 N–H and O–H groups in total. The summed E-state index contributed by atoms with van der Waals surface area (Å²) in [5.41, 5.74) is 1.10. The minimum atomic E-state index is 0.526. The van der Waals surface area contributed by atoms with Crippen LogP contribution in [0.1, 0.15) is 12.6 Å². The summed E-state index contributed by atoms with van der Waals surface area (Å²) in [6.45, 7) is 6.67. The molecule has 1 saturated heterocycles. The fourth-order valence-corrected chi connectivity index (χ4v) is 2.47. The molecule has 0 aliphatic carbocycles. The van der Waals surface area contributed by atoms with Crippen LogP contribution in [-0.2, 0) is 11.2 Å². The maximum atomic E-state index is 5.70. The second kappa shape index (κ2) is 6.82. The number of rotatable bonds is 4. The fourth-order valence-electron chi connectivity index (χ4n) is 2.47. The number of ether oxygens (including phenoxy) is 1. The minimum Gasteiger partial charge on any atom is -0.379 e. The van der Waals surface area contributed by atoms with E-state index < -0.39 is 0 Å². The second-order valence-electron chi connectivity index (χ2n) is 5.37. The van der Waals surface area contributed by atoms with E-state index in [1.54, 1.807) is 6.33 Å². The summed E-state index contributed by atoms with van der Waals surface area (Å²) in [6.07, 6.45) is 2.61. The summed E-state index contributed by atoms with van der Waals surface area (Å²) < 4.78 is 5.70. The summed E-state index contributed by atoms with van der Waals surface area (Å²) in [5, 5.41) is 0. The van der Waals surface area contributed by atoms with Crippen molar-refractivity contribution in [1.29, 1.82) is 0 Å². The van der Waals surface area contributed by atoms with Crippen LogP contribution < -0.4 is 4.90 Å². The van der Waals surface area contributed by atoms with Gasteiger partial charge < -0.3 is 14.5 Å². The van der Waals surface area contributed by atoms with E-state index in [-0.39, 0.29) is 0 Å². The van der Waals surface area contributed by atoms with Crippen molar-refractivity contribution in [2.24, 2.45) is 5.92 Å². The van der Waals surface area contributed by atoms with Crippen LogP contribution in [0.15, 0.2) is 12.4 Å². The van der Waals surface area contributed by atoms with Gasteiger partial charge in [-0.15, -0.1) is 0 Å². The number of hydrogen-bond acceptors (Lipinski definition) is 5. The van der Waals surface area contributed by atoms with Crippen molar-refractivity contribution in [2.75, 3.05) is 51.8 Å². The van der Waals surface area contributed by atoms with E-state index in [1.165, 1.54) is 0 Å². The molecule has 0 aromatic carbocycles. The number of hydrogen-bond donors (Lipinski definition) is 0. The Morgan fingerprint density at radius 2 is 2.26 bits per heavy atom. The summed E-state index contributed by atoms with van der Waals surface area (Å²) in [6, 6.07) is 2.10. The highest BCUT2D eigenvalue weighted by atomic mass is 16.5. The highest BCUT2D eigenvalue weighted by molar-refractivity contribution is 5.39. The van der Waals surface area contributed by atoms with E-state index in [2.05, 4.69) is 46.9 Å². The summed E-state index contributed by atoms with van der Waals surface area (Å²) in [7, 11) is 4.21. The van der Waals surface area contributed by atoms with Crippen molar-refractivity contribution >= 4 is 5.82 Å². The largest absolute Gasteiger partial charge is 0.379 e. The third kappa shape index (κ3) is 4.14. The third-order valence-electron chi connectivity index (χ3n) is 3.36. The predicted molar refractivity (Wildman–Crippen MR) is 76.5 cm³/mol. The summed E-state index contributed by atoms with van der Waals surface area (Å²) in [4.78, 5) is 13.2. The SMILES string of the molecule is CCc1cc(N2CCOC[C@@H](CN(C)C)C2)ncn1. The zero-order valence-corrected chi connectivity index (χ0v) is 12.2. The Kier molecular flexibility index (Phi) is 5.10. The van der Waals surface area contributed by atoms with Crippen molar-refractivity contribution in [3.05, 3.63) is 18.1 Å². The zero-order chi connectivity index (χ0) is 13.7. The molecule has 0 unspecified atom stereocenters. The van der Waals surface area contributed by atoms with E-state index in [0.29, 0.717) is 5.92 Å². The number of aryl methyl sites for hydroxylation is 1. The van der Waals surface area contributed by atoms with Crippen LogP contribution in [0.5, 0.6) is 0 Å². The molecular formula is C14H24N4O. The fraction of sp³-hybridized carbons (Fsp3) is 0.714. The second-order valence-corrected chi connectivity index (χ2v) is 5.37. The number of aromatic nitrogens is 2. The quantitative estimate of drug-likeness (QED) is 0.813. The molecule has 0 bridgehead atoms. The molecule has 2 heterocycles. The highest BCUT2D eigenvalue weighted by Crippen LogP contribution is 2.16. The van der Waals surface area contributed by atoms with Gasteiger partial charge in [-0.3, -0.25) is 0 Å². The van der Waals surface area contributed by atoms with Crippen LogP contribution in [0.25, 0.3) is 0 Å². The van der Waals surface area contributed by atoms with Gasteiger partial charge in [0, 0.05) is 37.3 Å². The molecule has 1 aromatic rings. The first-order valence-electron chi connectivity index (χ1n) is 6.97. The molecule has 5 heteroatoms. The van der Waals surface area contributed by atoms with Crippen LogP contribution in [-0.4, -0.2) is 61.8 Å². The van der Waals surface area contributed by atoms with Gasteiger partial charge in [-0.1, -0.05) is 6.92 Å². The third-order valence-corrected chi connectivity index (χ3v) is 3.36. The van der Waals surface area contributed by atoms with Gasteiger partial charge in [-0.05, 0) is 20.5 Å². The molecule has 5 nitrogen and oxygen atoms in total. The number of nitrogens with zero attached hydrogens (tertiary/aromatic N) is 4. The Labute approximate surface area is 115 Å². The maximum absolute atomic E-state index is 5.70. The highest BCUT2D eigenvalue weighted by Gasteiger charge is 2.20. The van der Waals surface area contributed by atoms with Gasteiger partial charge in [0.25, 0.3) is 0 Å². The molecule has 0 spiro atoms. The molecule has 1 fully saturated rings. The van der Waals surface area contributed by atoms with Gasteiger partial charge >= 0.3 is 0 Å². The van der Waals surface area contributed by atoms with E-state index in [4.69, 9.17) is 4.74 Å². The molecule has 0 amide bonds. The molecule has 106 valence electrons. The van der Waals surface area contributed by atoms with Crippen molar-refractivity contribution in [3.63, 3.8) is 0 Å². The lowest BCUT2D eigenvalue weighted by atomic mass is 10.1. The maximum Gasteiger partial charge on any atom is 0.132 e. The summed E-state index contributed by atoms with van der Waals surface area (Å²) in [5.74, 6) is 1.55. The molecule has 1 aliphatic heterocycles. The van der Waals surface area contributed by atoms with Crippen molar-refractivity contribution in [1.82, 2.24) is 14.9 Å². The van der Waals surface area contributed by atoms with Crippen molar-refractivity contribution < 1.29 is 4.74 Å². The molecule has 0 saturated carbocycles. The molecule has 1 aromatic heterocycles. The first-order valence-corrected chi connectivity index (χ1v) is 6.97. The van der Waals surface area contributed by atoms with Gasteiger partial charge in [-0.2, -0.15) is 0 Å². The lowest BCUT2D eigenvalue weighted by Crippen LogP contribution is -2.35. The van der Waals surface area contributed by atoms with Gasteiger partial charge in [0.2, 0.25) is 0 Å². The molecule has 1 atom stereocenters. The normalized spacial score (nSPS) is 20.6. The Bertz CT molecular complexity index is 397. The lowest BCUT2D eigenvalue weighted by molar-refractivity contribution is 0.113. The minimum absolute atomic E-state index is 0.526. The monoisotopic (exact) mass is 264 g/mol. The van der Waals surface area contributed by atoms with E-state index in [9.17, 15) is 0 Å². The van der Waals surface area contributed by atoms with Gasteiger partial charge in [0.1, 0.15) is 12.1 Å². The van der Waals surface area contributed by atoms with Crippen LogP contribution in [0.2, 0.25) is 0 Å². The van der Waals surface area contributed by atoms with Crippen LogP contribution in [0.3, 0.4) is 0 Å². The number of anilines is 1.